The highest BCUT2D eigenvalue weighted by Crippen LogP contribution is 2.29. The van der Waals surface area contributed by atoms with Crippen molar-refractivity contribution in [3.63, 3.8) is 0 Å². The summed E-state index contributed by atoms with van der Waals surface area (Å²) in [7, 11) is 6.10. The fraction of sp³-hybridized carbons (Fsp3) is 0.300. The van der Waals surface area contributed by atoms with Crippen LogP contribution in [0.15, 0.2) is 54.6 Å². The molecule has 3 rings (SSSR count). The molecule has 0 bridgehead atoms. The molecule has 0 saturated heterocycles. The molecule has 0 unspecified atom stereocenters. The third-order valence-electron chi connectivity index (χ3n) is 6.54. The van der Waals surface area contributed by atoms with Gasteiger partial charge < -0.3 is 30.0 Å². The number of guanidine groups is 1. The van der Waals surface area contributed by atoms with Gasteiger partial charge in [-0.2, -0.15) is 0 Å². The van der Waals surface area contributed by atoms with Gasteiger partial charge in [-0.1, -0.05) is 41.4 Å². The number of benzene rings is 3. The lowest BCUT2D eigenvalue weighted by Crippen LogP contribution is -2.56. The number of amides is 2. The van der Waals surface area contributed by atoms with Gasteiger partial charge in [-0.05, 0) is 59.5 Å². The Morgan fingerprint density at radius 1 is 0.857 bits per heavy atom. The Kier molecular flexibility index (Phi) is 11.7. The van der Waals surface area contributed by atoms with E-state index in [9.17, 15) is 9.59 Å². The molecule has 0 aliphatic carbocycles. The van der Waals surface area contributed by atoms with Crippen molar-refractivity contribution in [3.05, 3.63) is 81.3 Å². The first kappa shape index (κ1) is 32.4. The standard InChI is InChI=1S/C30H34Cl2N4O6/c1-39-24-9-5-18(13-26(24)41-3)11-12-35-29(38)23(16-20-7-8-21(31)17-22(20)32)36(30(33)34)28(37)15-19-6-10-25(40-2)27(14-19)42-4/h5-10,13-14,17,23H,11-12,15-16H2,1-4H3,(H3,33,34)(H,35,38)/t23-/m1/s1. The van der Waals surface area contributed by atoms with Gasteiger partial charge in [0.2, 0.25) is 11.8 Å². The summed E-state index contributed by atoms with van der Waals surface area (Å²) in [5, 5.41) is 11.9. The van der Waals surface area contributed by atoms with Crippen LogP contribution in [0.1, 0.15) is 16.7 Å². The first-order valence-electron chi connectivity index (χ1n) is 12.9. The Morgan fingerprint density at radius 2 is 1.43 bits per heavy atom. The smallest absolute Gasteiger partial charge is 0.243 e. The zero-order valence-corrected chi connectivity index (χ0v) is 25.3. The molecule has 0 spiro atoms. The van der Waals surface area contributed by atoms with E-state index in [0.717, 1.165) is 10.5 Å². The summed E-state index contributed by atoms with van der Waals surface area (Å²) in [5.41, 5.74) is 7.96. The van der Waals surface area contributed by atoms with E-state index in [-0.39, 0.29) is 19.4 Å². The lowest BCUT2D eigenvalue weighted by atomic mass is 10.0. The van der Waals surface area contributed by atoms with Gasteiger partial charge in [0.15, 0.2) is 29.0 Å². The van der Waals surface area contributed by atoms with E-state index in [1.54, 1.807) is 56.7 Å². The van der Waals surface area contributed by atoms with Crippen LogP contribution in [0.25, 0.3) is 0 Å². The van der Waals surface area contributed by atoms with E-state index in [0.29, 0.717) is 50.6 Å². The summed E-state index contributed by atoms with van der Waals surface area (Å²) in [6, 6.07) is 14.2. The number of rotatable bonds is 13. The Morgan fingerprint density at radius 3 is 1.98 bits per heavy atom. The average molecular weight is 618 g/mol. The molecule has 0 saturated carbocycles. The molecule has 3 aromatic carbocycles. The van der Waals surface area contributed by atoms with Crippen molar-refractivity contribution < 1.29 is 28.5 Å². The lowest BCUT2D eigenvalue weighted by molar-refractivity contribution is -0.135. The number of carbonyl (C=O) groups is 2. The summed E-state index contributed by atoms with van der Waals surface area (Å²) >= 11 is 12.5. The fourth-order valence-corrected chi connectivity index (χ4v) is 4.89. The molecule has 42 heavy (non-hydrogen) atoms. The van der Waals surface area contributed by atoms with E-state index in [2.05, 4.69) is 5.32 Å². The summed E-state index contributed by atoms with van der Waals surface area (Å²) in [6.45, 7) is 0.245. The summed E-state index contributed by atoms with van der Waals surface area (Å²) in [6.07, 6.45) is 0.319. The van der Waals surface area contributed by atoms with Crippen molar-refractivity contribution in [2.45, 2.75) is 25.3 Å². The first-order valence-corrected chi connectivity index (χ1v) is 13.7. The molecule has 12 heteroatoms. The predicted octanol–water partition coefficient (Wildman–Crippen LogP) is 4.26. The maximum Gasteiger partial charge on any atom is 0.243 e. The highest BCUT2D eigenvalue weighted by Gasteiger charge is 2.33. The number of hydrogen-bond donors (Lipinski definition) is 3. The molecule has 4 N–H and O–H groups in total. The van der Waals surface area contributed by atoms with Crippen LogP contribution >= 0.6 is 23.2 Å². The van der Waals surface area contributed by atoms with Gasteiger partial charge in [-0.25, -0.2) is 0 Å². The zero-order valence-electron chi connectivity index (χ0n) is 23.8. The van der Waals surface area contributed by atoms with Gasteiger partial charge in [0.25, 0.3) is 0 Å². The third-order valence-corrected chi connectivity index (χ3v) is 7.12. The van der Waals surface area contributed by atoms with Crippen molar-refractivity contribution in [2.24, 2.45) is 5.73 Å². The first-order chi connectivity index (χ1) is 20.1. The number of hydrogen-bond acceptors (Lipinski definition) is 7. The molecular weight excluding hydrogens is 583 g/mol. The van der Waals surface area contributed by atoms with Crippen molar-refractivity contribution in [3.8, 4) is 23.0 Å². The number of nitrogens with zero attached hydrogens (tertiary/aromatic N) is 1. The lowest BCUT2D eigenvalue weighted by Gasteiger charge is -2.30. The van der Waals surface area contributed by atoms with Crippen LogP contribution in [0, 0.1) is 5.41 Å². The summed E-state index contributed by atoms with van der Waals surface area (Å²) in [4.78, 5) is 28.2. The average Bonchev–Trinajstić information content (AvgIpc) is 2.97. The van der Waals surface area contributed by atoms with Gasteiger partial charge in [0, 0.05) is 23.0 Å². The summed E-state index contributed by atoms with van der Waals surface area (Å²) in [5.74, 6) is 0.467. The van der Waals surface area contributed by atoms with Gasteiger partial charge in [0.1, 0.15) is 6.04 Å². The van der Waals surface area contributed by atoms with Gasteiger partial charge in [0.05, 0.1) is 34.9 Å². The molecule has 0 aromatic heterocycles. The van der Waals surface area contributed by atoms with Gasteiger partial charge in [-0.15, -0.1) is 0 Å². The largest absolute Gasteiger partial charge is 0.493 e. The monoisotopic (exact) mass is 616 g/mol. The molecule has 0 aliphatic rings. The maximum absolute atomic E-state index is 13.6. The second-order valence-corrected chi connectivity index (χ2v) is 10.0. The van der Waals surface area contributed by atoms with E-state index in [1.165, 1.54) is 14.2 Å². The number of nitrogens with one attached hydrogen (secondary N) is 2. The molecule has 0 aliphatic heterocycles. The van der Waals surface area contributed by atoms with E-state index >= 15 is 0 Å². The minimum atomic E-state index is -1.17. The zero-order chi connectivity index (χ0) is 30.8. The van der Waals surface area contributed by atoms with E-state index in [4.69, 9.17) is 53.3 Å². The van der Waals surface area contributed by atoms with Crippen LogP contribution in [-0.4, -0.2) is 63.7 Å². The van der Waals surface area contributed by atoms with Crippen LogP contribution in [0.5, 0.6) is 23.0 Å². The van der Waals surface area contributed by atoms with Crippen molar-refractivity contribution >= 4 is 41.0 Å². The maximum atomic E-state index is 13.6. The van der Waals surface area contributed by atoms with Crippen LogP contribution in [0.3, 0.4) is 0 Å². The second kappa shape index (κ2) is 15.2. The topological polar surface area (TPSA) is 136 Å². The SMILES string of the molecule is COc1ccc(CCNC(=O)[C@@H](Cc2ccc(Cl)cc2Cl)N(C(=N)N)C(=O)Cc2ccc(OC)c(OC)c2)cc1OC. The quantitative estimate of drug-likeness (QED) is 0.193. The van der Waals surface area contributed by atoms with Crippen molar-refractivity contribution in [1.29, 1.82) is 5.41 Å². The third kappa shape index (κ3) is 8.20. The second-order valence-electron chi connectivity index (χ2n) is 9.20. The fourth-order valence-electron chi connectivity index (χ4n) is 4.41. The number of carbonyl (C=O) groups excluding carboxylic acids is 2. The molecule has 10 nitrogen and oxygen atoms in total. The highest BCUT2D eigenvalue weighted by molar-refractivity contribution is 6.35. The predicted molar refractivity (Wildman–Crippen MR) is 162 cm³/mol. The minimum Gasteiger partial charge on any atom is -0.493 e. The molecule has 224 valence electrons. The Bertz CT molecular complexity index is 1430. The molecule has 0 fully saturated rings. The van der Waals surface area contributed by atoms with Crippen LogP contribution in [0.4, 0.5) is 0 Å². The molecule has 1 atom stereocenters. The van der Waals surface area contributed by atoms with Crippen LogP contribution in [-0.2, 0) is 28.9 Å². The summed E-state index contributed by atoms with van der Waals surface area (Å²) < 4.78 is 21.2. The van der Waals surface area contributed by atoms with Crippen LogP contribution < -0.4 is 30.0 Å². The number of halogens is 2. The van der Waals surface area contributed by atoms with Crippen molar-refractivity contribution in [2.75, 3.05) is 35.0 Å². The highest BCUT2D eigenvalue weighted by atomic mass is 35.5. The minimum absolute atomic E-state index is 0.00452. The van der Waals surface area contributed by atoms with Crippen molar-refractivity contribution in [1.82, 2.24) is 10.2 Å². The Labute approximate surface area is 255 Å². The molecule has 0 radical (unpaired) electrons. The molecule has 0 heterocycles. The number of nitrogens with two attached hydrogens (primary N) is 1. The van der Waals surface area contributed by atoms with E-state index in [1.807, 2.05) is 12.1 Å². The Hall–Kier alpha value is -4.15. The number of methoxy groups -OCH3 is 4. The van der Waals surface area contributed by atoms with Gasteiger partial charge >= 0.3 is 0 Å². The van der Waals surface area contributed by atoms with Gasteiger partial charge in [-0.3, -0.25) is 19.9 Å². The van der Waals surface area contributed by atoms with Crippen LogP contribution in [0.2, 0.25) is 10.0 Å². The molecular formula is C30H34Cl2N4O6. The Balaban J connectivity index is 1.86. The van der Waals surface area contributed by atoms with E-state index < -0.39 is 23.8 Å². The molecule has 2 amide bonds. The molecule has 3 aromatic rings. The normalized spacial score (nSPS) is 11.3. The number of ether oxygens (including phenoxy) is 4.